The molecule has 0 aliphatic heterocycles. The van der Waals surface area contributed by atoms with Crippen molar-refractivity contribution in [2.24, 2.45) is 5.41 Å². The number of rotatable bonds is 36. The monoisotopic (exact) mass is 2350 g/mol. The summed E-state index contributed by atoms with van der Waals surface area (Å²) in [6.45, 7) is -12.3. The Morgan fingerprint density at radius 3 is 0.674 bits per heavy atom. The van der Waals surface area contributed by atoms with Crippen LogP contribution in [0.5, 0.6) is 0 Å². The molecule has 0 aliphatic rings. The minimum Gasteiger partial charge on any atom is -0.394 e. The van der Waals surface area contributed by atoms with E-state index in [-0.39, 0.29) is 82.6 Å². The molecular weight excluding hydrogens is 2290 g/mol. The third kappa shape index (κ3) is 24.0. The van der Waals surface area contributed by atoms with Crippen LogP contribution in [-0.2, 0) is 14.4 Å². The maximum absolute atomic E-state index is 15.0. The molecule has 0 aliphatic carbocycles. The fraction of sp³-hybridized carbons (Fsp3) is 0.491. The minimum absolute atomic E-state index is 0.0129. The molecule has 0 bridgehead atoms. The summed E-state index contributed by atoms with van der Waals surface area (Å²) in [4.78, 5) is 130. The fourth-order valence-electron chi connectivity index (χ4n) is 8.42. The lowest BCUT2D eigenvalue weighted by atomic mass is 9.89. The van der Waals surface area contributed by atoms with E-state index in [1.807, 2.05) is 0 Å². The zero-order valence-electron chi connectivity index (χ0n) is 49.3. The summed E-state index contributed by atoms with van der Waals surface area (Å²) in [5.41, 5.74) is -4.03. The SMILES string of the molecule is CC(CNC(=O)c1c(I)c(NC(=O)CO)c(I)c(C(=O)N(CC(O)CO)CC(O)CO)c1I)(CNC(=O)c1c(I)c(NC(=O)CO)c(I)c(C(=O)N(CC(O)CO)CC(O)CO)c1I)CNC(=O)c1c(I)c(NC(=O)CO)c(I)c(C(=O)N(CC(O)CO)CC(O)CO)c1I. The number of benzene rings is 3. The first kappa shape index (κ1) is 88.1. The number of hydrogen-bond donors (Lipinski definition) is 21. The normalized spacial score (nSPS) is 13.9. The molecular formula is C53H66I9N9O24. The van der Waals surface area contributed by atoms with Crippen molar-refractivity contribution in [3.8, 4) is 0 Å². The van der Waals surface area contributed by atoms with Gasteiger partial charge in [0.2, 0.25) is 17.7 Å². The van der Waals surface area contributed by atoms with Crippen molar-refractivity contribution < 1.29 is 120 Å². The van der Waals surface area contributed by atoms with Crippen molar-refractivity contribution in [1.29, 1.82) is 0 Å². The van der Waals surface area contributed by atoms with Crippen LogP contribution in [-0.4, -0.2) is 299 Å². The topological polar surface area (TPSA) is 539 Å². The number of nitrogens with zero attached hydrogens (tertiary/aromatic N) is 3. The highest BCUT2D eigenvalue weighted by Gasteiger charge is 2.38. The van der Waals surface area contributed by atoms with Gasteiger partial charge in [-0.2, -0.15) is 0 Å². The van der Waals surface area contributed by atoms with Crippen molar-refractivity contribution in [3.05, 3.63) is 65.5 Å². The van der Waals surface area contributed by atoms with Crippen LogP contribution in [0.4, 0.5) is 17.1 Å². The standard InChI is InChI=1S/C53H66I9N9O24/c1-53(17-63-47(90)29-35(54)32(41(60)44(38(29)57)66-26(87)14-78)50(93)69(2-20(81)8-72)3-21(82)9-73,18-64-48(91)30-36(55)33(42(61)45(39(30)58)67-27(88)15-79)51(94)70(4-22(83)10-74)5-23(84)11-75)19-65-49(92)31-37(56)34(43(62)46(40(31)59)68-28(89)16-80)52(95)71(6-24(85)12-76)7-25(86)13-77/h20-25,72-86H,2-19H2,1H3,(H,63,90)(H,64,91)(H,65,92)(H,66,87)(H,67,88)(H,68,89). The molecule has 95 heavy (non-hydrogen) atoms. The maximum atomic E-state index is 15.0. The van der Waals surface area contributed by atoms with Crippen LogP contribution in [0.2, 0.25) is 0 Å². The van der Waals surface area contributed by atoms with Crippen LogP contribution in [0.25, 0.3) is 0 Å². The Labute approximate surface area is 664 Å². The van der Waals surface area contributed by atoms with Crippen LogP contribution < -0.4 is 31.9 Å². The number of carbonyl (C=O) groups excluding carboxylic acids is 9. The largest absolute Gasteiger partial charge is 0.394 e. The highest BCUT2D eigenvalue weighted by atomic mass is 127. The highest BCUT2D eigenvalue weighted by Crippen LogP contribution is 2.40. The molecule has 0 saturated carbocycles. The summed E-state index contributed by atoms with van der Waals surface area (Å²) in [7, 11) is 0. The van der Waals surface area contributed by atoms with E-state index in [4.69, 9.17) is 0 Å². The molecule has 0 heterocycles. The van der Waals surface area contributed by atoms with E-state index in [0.29, 0.717) is 0 Å². The van der Waals surface area contributed by atoms with Crippen LogP contribution in [0.15, 0.2) is 0 Å². The molecule has 0 radical (unpaired) electrons. The van der Waals surface area contributed by atoms with Crippen molar-refractivity contribution in [2.75, 3.05) is 134 Å². The third-order valence-electron chi connectivity index (χ3n) is 13.2. The number of aliphatic hydroxyl groups is 15. The van der Waals surface area contributed by atoms with E-state index in [2.05, 4.69) is 31.9 Å². The Bertz CT molecular complexity index is 2960. The Hall–Kier alpha value is -1.14. The van der Waals surface area contributed by atoms with Gasteiger partial charge in [-0.25, -0.2) is 0 Å². The quantitative estimate of drug-likeness (QED) is 0.0257. The van der Waals surface area contributed by atoms with Gasteiger partial charge in [-0.15, -0.1) is 0 Å². The molecule has 0 spiro atoms. The molecule has 3 aromatic carbocycles. The maximum Gasteiger partial charge on any atom is 0.256 e. The molecule has 42 heteroatoms. The van der Waals surface area contributed by atoms with Gasteiger partial charge in [0.15, 0.2) is 0 Å². The van der Waals surface area contributed by atoms with Gasteiger partial charge in [-0.05, 0) is 203 Å². The molecule has 9 amide bonds. The van der Waals surface area contributed by atoms with Gasteiger partial charge < -0.3 is 123 Å². The number of amides is 9. The first-order valence-electron chi connectivity index (χ1n) is 27.3. The van der Waals surface area contributed by atoms with E-state index in [1.54, 1.807) is 203 Å². The Balaban J connectivity index is 2.47. The van der Waals surface area contributed by atoms with Gasteiger partial charge in [0, 0.05) is 75.0 Å². The summed E-state index contributed by atoms with van der Waals surface area (Å²) < 4.78 is -0.415. The first-order valence-corrected chi connectivity index (χ1v) is 37.0. The summed E-state index contributed by atoms with van der Waals surface area (Å²) in [6.07, 6.45) is -9.46. The van der Waals surface area contributed by atoms with Crippen molar-refractivity contribution in [1.82, 2.24) is 30.7 Å². The third-order valence-corrected chi connectivity index (χ3v) is 22.9. The average Bonchev–Trinajstić information content (AvgIpc) is 0.782. The smallest absolute Gasteiger partial charge is 0.256 e. The first-order chi connectivity index (χ1) is 44.5. The second kappa shape index (κ2) is 41.8. The Morgan fingerprint density at radius 2 is 0.505 bits per heavy atom. The second-order valence-electron chi connectivity index (χ2n) is 20.8. The number of halogens is 9. The van der Waals surface area contributed by atoms with E-state index in [0.717, 1.165) is 14.7 Å². The molecule has 3 aromatic rings. The number of nitrogens with one attached hydrogen (secondary N) is 6. The predicted octanol–water partition coefficient (Wildman–Crippen LogP) is -3.04. The van der Waals surface area contributed by atoms with E-state index >= 15 is 14.4 Å². The van der Waals surface area contributed by atoms with Crippen LogP contribution in [0.1, 0.15) is 69.1 Å². The molecule has 530 valence electrons. The van der Waals surface area contributed by atoms with Gasteiger partial charge in [0.1, 0.15) is 19.8 Å². The molecule has 0 saturated heterocycles. The van der Waals surface area contributed by atoms with E-state index in [1.165, 1.54) is 6.92 Å². The molecule has 21 N–H and O–H groups in total. The van der Waals surface area contributed by atoms with Gasteiger partial charge in [-0.1, -0.05) is 6.92 Å². The van der Waals surface area contributed by atoms with Gasteiger partial charge in [0.25, 0.3) is 35.4 Å². The number of hydrogen-bond acceptors (Lipinski definition) is 24. The highest BCUT2D eigenvalue weighted by molar-refractivity contribution is 14.1. The van der Waals surface area contributed by atoms with E-state index < -0.39 is 214 Å². The second-order valence-corrected chi connectivity index (χ2v) is 30.5. The number of aliphatic hydroxyl groups excluding tert-OH is 15. The van der Waals surface area contributed by atoms with Crippen LogP contribution in [0.3, 0.4) is 0 Å². The fourth-order valence-corrected chi connectivity index (χ4v) is 21.6. The van der Waals surface area contributed by atoms with Crippen molar-refractivity contribution in [2.45, 2.75) is 43.5 Å². The van der Waals surface area contributed by atoms with Gasteiger partial charge in [0.05, 0.1) is 148 Å². The number of carbonyl (C=O) groups is 9. The van der Waals surface area contributed by atoms with Crippen molar-refractivity contribution in [3.63, 3.8) is 0 Å². The lowest BCUT2D eigenvalue weighted by Crippen LogP contribution is -2.50. The Morgan fingerprint density at radius 1 is 0.326 bits per heavy atom. The number of anilines is 3. The van der Waals surface area contributed by atoms with Gasteiger partial charge in [-0.3, -0.25) is 43.2 Å². The molecule has 6 atom stereocenters. The van der Waals surface area contributed by atoms with E-state index in [9.17, 15) is 105 Å². The lowest BCUT2D eigenvalue weighted by molar-refractivity contribution is -0.119. The predicted molar refractivity (Wildman–Crippen MR) is 412 cm³/mol. The summed E-state index contributed by atoms with van der Waals surface area (Å²) in [5, 5.41) is 166. The zero-order valence-corrected chi connectivity index (χ0v) is 68.7. The van der Waals surface area contributed by atoms with Crippen LogP contribution in [0, 0.1) is 37.5 Å². The molecule has 33 nitrogen and oxygen atoms in total. The summed E-state index contributed by atoms with van der Waals surface area (Å²) in [6, 6.07) is 0. The zero-order chi connectivity index (χ0) is 72.3. The minimum atomic E-state index is -1.67. The molecule has 0 aromatic heterocycles. The average molecular weight is 2360 g/mol. The lowest BCUT2D eigenvalue weighted by Gasteiger charge is -2.32. The molecule has 6 unspecified atom stereocenters. The summed E-state index contributed by atoms with van der Waals surface area (Å²) >= 11 is 15.2. The van der Waals surface area contributed by atoms with Crippen molar-refractivity contribution >= 4 is 274 Å². The van der Waals surface area contributed by atoms with Gasteiger partial charge >= 0.3 is 0 Å². The van der Waals surface area contributed by atoms with Crippen LogP contribution >= 0.6 is 203 Å². The Kier molecular flexibility index (Phi) is 38.8. The summed E-state index contributed by atoms with van der Waals surface area (Å²) in [5.74, 6) is -8.96. The molecule has 3 rings (SSSR count). The molecule has 0 fully saturated rings.